The number of hydrogen-bond donors (Lipinski definition) is 0. The number of rotatable bonds is 3. The van der Waals surface area contributed by atoms with Crippen molar-refractivity contribution in [3.8, 4) is 0 Å². The van der Waals surface area contributed by atoms with Crippen LogP contribution in [0.15, 0.2) is 29.7 Å². The molecule has 0 saturated carbocycles. The summed E-state index contributed by atoms with van der Waals surface area (Å²) in [7, 11) is 0. The van der Waals surface area contributed by atoms with Gasteiger partial charge in [-0.1, -0.05) is 17.8 Å². The number of aromatic nitrogens is 4. The van der Waals surface area contributed by atoms with E-state index in [0.717, 1.165) is 42.6 Å². The molecule has 4 heterocycles. The fourth-order valence-corrected chi connectivity index (χ4v) is 3.72. The van der Waals surface area contributed by atoms with Crippen LogP contribution in [0.2, 0.25) is 0 Å². The highest BCUT2D eigenvalue weighted by Crippen LogP contribution is 2.22. The molecule has 0 bridgehead atoms. The molecule has 3 aromatic rings. The summed E-state index contributed by atoms with van der Waals surface area (Å²) < 4.78 is 2.23. The largest absolute Gasteiger partial charge is 0.302 e. The van der Waals surface area contributed by atoms with E-state index in [9.17, 15) is 0 Å². The Morgan fingerprint density at radius 3 is 2.96 bits per heavy atom. The first-order valence-corrected chi connectivity index (χ1v) is 9.42. The number of fused-ring (bicyclic) bond motifs is 2. The molecule has 0 unspecified atom stereocenters. The molecule has 0 radical (unpaired) electrons. The van der Waals surface area contributed by atoms with Gasteiger partial charge in [-0.25, -0.2) is 15.0 Å². The maximum absolute atomic E-state index is 4.75. The average Bonchev–Trinajstić information content (AvgIpc) is 2.92. The topological polar surface area (TPSA) is 46.3 Å². The summed E-state index contributed by atoms with van der Waals surface area (Å²) in [5.74, 6) is 0. The Labute approximate surface area is 146 Å². The third-order valence-corrected chi connectivity index (χ3v) is 5.25. The zero-order chi connectivity index (χ0) is 16.7. The highest BCUT2D eigenvalue weighted by atomic mass is 32.2. The van der Waals surface area contributed by atoms with Gasteiger partial charge in [0, 0.05) is 44.0 Å². The SMILES string of the molecule is CSc1ncc2c(n1)CCN(Cc1c(C)nc3c(C)cccn13)C2. The molecule has 0 amide bonds. The zero-order valence-electron chi connectivity index (χ0n) is 14.3. The monoisotopic (exact) mass is 339 g/mol. The Bertz CT molecular complexity index is 902. The average molecular weight is 339 g/mol. The summed E-state index contributed by atoms with van der Waals surface area (Å²) >= 11 is 1.60. The molecule has 24 heavy (non-hydrogen) atoms. The van der Waals surface area contributed by atoms with E-state index in [4.69, 9.17) is 4.98 Å². The van der Waals surface area contributed by atoms with Gasteiger partial charge in [-0.05, 0) is 31.7 Å². The van der Waals surface area contributed by atoms with Crippen LogP contribution in [0.4, 0.5) is 0 Å². The summed E-state index contributed by atoms with van der Waals surface area (Å²) in [5.41, 5.74) is 7.13. The third kappa shape index (κ3) is 2.70. The van der Waals surface area contributed by atoms with E-state index in [-0.39, 0.29) is 0 Å². The van der Waals surface area contributed by atoms with Gasteiger partial charge < -0.3 is 4.40 Å². The Morgan fingerprint density at radius 1 is 1.25 bits per heavy atom. The van der Waals surface area contributed by atoms with Gasteiger partial charge in [0.15, 0.2) is 5.16 Å². The molecule has 3 aromatic heterocycles. The third-order valence-electron chi connectivity index (χ3n) is 4.69. The van der Waals surface area contributed by atoms with Crippen LogP contribution in [0.3, 0.4) is 0 Å². The second kappa shape index (κ2) is 6.18. The first kappa shape index (κ1) is 15.6. The maximum atomic E-state index is 4.75. The summed E-state index contributed by atoms with van der Waals surface area (Å²) in [6, 6.07) is 4.21. The number of thioether (sulfide) groups is 1. The minimum Gasteiger partial charge on any atom is -0.302 e. The Hall–Kier alpha value is -1.92. The van der Waals surface area contributed by atoms with Gasteiger partial charge in [0.05, 0.1) is 17.1 Å². The van der Waals surface area contributed by atoms with Gasteiger partial charge in [0.25, 0.3) is 0 Å². The van der Waals surface area contributed by atoms with Crippen molar-refractivity contribution in [2.24, 2.45) is 0 Å². The first-order valence-electron chi connectivity index (χ1n) is 8.20. The Balaban J connectivity index is 1.61. The minimum absolute atomic E-state index is 0.871. The molecular weight excluding hydrogens is 318 g/mol. The van der Waals surface area contributed by atoms with Gasteiger partial charge >= 0.3 is 0 Å². The van der Waals surface area contributed by atoms with Gasteiger partial charge in [-0.3, -0.25) is 4.90 Å². The molecule has 124 valence electrons. The molecule has 0 saturated heterocycles. The number of hydrogen-bond acceptors (Lipinski definition) is 5. The lowest BCUT2D eigenvalue weighted by Crippen LogP contribution is -2.31. The smallest absolute Gasteiger partial charge is 0.187 e. The lowest BCUT2D eigenvalue weighted by molar-refractivity contribution is 0.238. The fraction of sp³-hybridized carbons (Fsp3) is 0.389. The lowest BCUT2D eigenvalue weighted by Gasteiger charge is -2.28. The second-order valence-corrected chi connectivity index (χ2v) is 7.09. The summed E-state index contributed by atoms with van der Waals surface area (Å²) in [6.45, 7) is 7.05. The number of nitrogens with zero attached hydrogens (tertiary/aromatic N) is 5. The molecule has 0 atom stereocenters. The molecule has 0 spiro atoms. The van der Waals surface area contributed by atoms with Crippen LogP contribution in [-0.4, -0.2) is 37.1 Å². The molecule has 1 aliphatic heterocycles. The highest BCUT2D eigenvalue weighted by molar-refractivity contribution is 7.98. The van der Waals surface area contributed by atoms with Crippen molar-refractivity contribution in [3.63, 3.8) is 0 Å². The van der Waals surface area contributed by atoms with Gasteiger partial charge in [-0.15, -0.1) is 0 Å². The van der Waals surface area contributed by atoms with Crippen LogP contribution in [-0.2, 0) is 19.5 Å². The van der Waals surface area contributed by atoms with Crippen LogP contribution in [0.5, 0.6) is 0 Å². The van der Waals surface area contributed by atoms with Crippen molar-refractivity contribution in [3.05, 3.63) is 52.7 Å². The number of pyridine rings is 1. The highest BCUT2D eigenvalue weighted by Gasteiger charge is 2.21. The summed E-state index contributed by atoms with van der Waals surface area (Å²) in [5, 5.41) is 0.871. The van der Waals surface area contributed by atoms with Crippen LogP contribution < -0.4 is 0 Å². The predicted molar refractivity (Wildman–Crippen MR) is 96.3 cm³/mol. The normalized spacial score (nSPS) is 15.0. The van der Waals surface area contributed by atoms with E-state index in [1.54, 1.807) is 11.8 Å². The van der Waals surface area contributed by atoms with Gasteiger partial charge in [0.1, 0.15) is 5.65 Å². The lowest BCUT2D eigenvalue weighted by atomic mass is 10.1. The number of imidazole rings is 1. The quantitative estimate of drug-likeness (QED) is 0.542. The molecule has 4 rings (SSSR count). The standard InChI is InChI=1S/C18H21N5S/c1-12-5-4-7-23-16(13(2)20-17(12)23)11-22-8-6-15-14(10-22)9-19-18(21-15)24-3/h4-5,7,9H,6,8,10-11H2,1-3H3. The summed E-state index contributed by atoms with van der Waals surface area (Å²) in [6.07, 6.45) is 7.11. The molecule has 1 aliphatic rings. The molecule has 0 aliphatic carbocycles. The Morgan fingerprint density at radius 2 is 2.12 bits per heavy atom. The fourth-order valence-electron chi connectivity index (χ4n) is 3.36. The second-order valence-electron chi connectivity index (χ2n) is 6.32. The van der Waals surface area contributed by atoms with Gasteiger partial charge in [0.2, 0.25) is 0 Å². The van der Waals surface area contributed by atoms with Gasteiger partial charge in [-0.2, -0.15) is 0 Å². The molecule has 0 aromatic carbocycles. The molecule has 0 fully saturated rings. The van der Waals surface area contributed by atoms with Crippen molar-refractivity contribution >= 4 is 17.4 Å². The number of aryl methyl sites for hydroxylation is 2. The zero-order valence-corrected chi connectivity index (χ0v) is 15.1. The molecule has 6 heteroatoms. The van der Waals surface area contributed by atoms with Crippen molar-refractivity contribution in [1.82, 2.24) is 24.3 Å². The van der Waals surface area contributed by atoms with Crippen molar-refractivity contribution < 1.29 is 0 Å². The van der Waals surface area contributed by atoms with Crippen LogP contribution in [0, 0.1) is 13.8 Å². The van der Waals surface area contributed by atoms with E-state index < -0.39 is 0 Å². The predicted octanol–water partition coefficient (Wildman–Crippen LogP) is 3.02. The van der Waals surface area contributed by atoms with Crippen LogP contribution in [0.25, 0.3) is 5.65 Å². The summed E-state index contributed by atoms with van der Waals surface area (Å²) in [4.78, 5) is 16.3. The van der Waals surface area contributed by atoms with E-state index >= 15 is 0 Å². The van der Waals surface area contributed by atoms with Crippen LogP contribution >= 0.6 is 11.8 Å². The minimum atomic E-state index is 0.871. The van der Waals surface area contributed by atoms with Crippen LogP contribution in [0.1, 0.15) is 28.2 Å². The first-order chi connectivity index (χ1) is 11.7. The molecule has 5 nitrogen and oxygen atoms in total. The van der Waals surface area contributed by atoms with E-state index in [0.29, 0.717) is 0 Å². The van der Waals surface area contributed by atoms with Crippen molar-refractivity contribution in [2.75, 3.05) is 12.8 Å². The van der Waals surface area contributed by atoms with Crippen molar-refractivity contribution in [1.29, 1.82) is 0 Å². The Kier molecular flexibility index (Phi) is 4.02. The maximum Gasteiger partial charge on any atom is 0.187 e. The van der Waals surface area contributed by atoms with E-state index in [1.165, 1.54) is 22.5 Å². The van der Waals surface area contributed by atoms with E-state index in [2.05, 4.69) is 51.4 Å². The molecule has 0 N–H and O–H groups in total. The molecular formula is C18H21N5S. The van der Waals surface area contributed by atoms with Crippen molar-refractivity contribution in [2.45, 2.75) is 38.5 Å². The van der Waals surface area contributed by atoms with E-state index in [1.807, 2.05) is 12.5 Å².